The molecule has 1 fully saturated rings. The highest BCUT2D eigenvalue weighted by Crippen LogP contribution is 2.34. The van der Waals surface area contributed by atoms with Crippen molar-refractivity contribution in [1.29, 1.82) is 0 Å². The molecule has 4 N–H and O–H groups in total. The van der Waals surface area contributed by atoms with E-state index < -0.39 is 10.0 Å². The summed E-state index contributed by atoms with van der Waals surface area (Å²) in [6.45, 7) is 0.290. The van der Waals surface area contributed by atoms with E-state index in [1.165, 1.54) is 12.4 Å². The van der Waals surface area contributed by atoms with E-state index in [2.05, 4.69) is 14.7 Å². The molecule has 3 rings (SSSR count). The van der Waals surface area contributed by atoms with Gasteiger partial charge in [-0.25, -0.2) is 18.1 Å². The molecule has 0 aromatic carbocycles. The van der Waals surface area contributed by atoms with Crippen LogP contribution < -0.4 is 10.5 Å². The molecule has 0 aliphatic heterocycles. The SMILES string of the molecule is NCC(NS(=O)(=O)c1c[nH]c2nccc(Cl)c12)C1CC1. The minimum absolute atomic E-state index is 0.115. The van der Waals surface area contributed by atoms with Gasteiger partial charge < -0.3 is 10.7 Å². The Hall–Kier alpha value is -1.15. The van der Waals surface area contributed by atoms with Crippen molar-refractivity contribution in [2.75, 3.05) is 6.54 Å². The second-order valence-electron chi connectivity index (χ2n) is 4.97. The van der Waals surface area contributed by atoms with Gasteiger partial charge in [0.2, 0.25) is 10.0 Å². The van der Waals surface area contributed by atoms with Crippen LogP contribution in [0.25, 0.3) is 11.0 Å². The van der Waals surface area contributed by atoms with E-state index in [9.17, 15) is 8.42 Å². The third kappa shape index (κ3) is 2.42. The number of nitrogens with two attached hydrogens (primary N) is 1. The fourth-order valence-corrected chi connectivity index (χ4v) is 4.11. The number of nitrogens with zero attached hydrogens (tertiary/aromatic N) is 1. The summed E-state index contributed by atoms with van der Waals surface area (Å²) in [5.74, 6) is 0.341. The van der Waals surface area contributed by atoms with Gasteiger partial charge in [-0.1, -0.05) is 11.6 Å². The molecule has 0 saturated heterocycles. The number of pyridine rings is 1. The molecule has 1 saturated carbocycles. The van der Waals surface area contributed by atoms with E-state index in [1.807, 2.05) is 0 Å². The highest BCUT2D eigenvalue weighted by Gasteiger charge is 2.34. The molecule has 2 aromatic rings. The molecule has 1 unspecified atom stereocenters. The molecular formula is C12H15ClN4O2S. The molecular weight excluding hydrogens is 300 g/mol. The van der Waals surface area contributed by atoms with Crippen LogP contribution in [0, 0.1) is 5.92 Å². The van der Waals surface area contributed by atoms with Gasteiger partial charge in [-0.05, 0) is 24.8 Å². The first-order valence-electron chi connectivity index (χ1n) is 6.37. The van der Waals surface area contributed by atoms with E-state index in [0.29, 0.717) is 22.0 Å². The van der Waals surface area contributed by atoms with E-state index in [0.717, 1.165) is 12.8 Å². The number of H-pyrrole nitrogens is 1. The minimum Gasteiger partial charge on any atom is -0.345 e. The van der Waals surface area contributed by atoms with Crippen LogP contribution in [0.4, 0.5) is 0 Å². The van der Waals surface area contributed by atoms with Crippen LogP contribution in [0.15, 0.2) is 23.4 Å². The van der Waals surface area contributed by atoms with Gasteiger partial charge in [0.05, 0.1) is 10.4 Å². The lowest BCUT2D eigenvalue weighted by Gasteiger charge is -2.15. The van der Waals surface area contributed by atoms with E-state index in [-0.39, 0.29) is 17.5 Å². The van der Waals surface area contributed by atoms with Crippen molar-refractivity contribution in [3.63, 3.8) is 0 Å². The highest BCUT2D eigenvalue weighted by atomic mass is 35.5. The molecule has 20 heavy (non-hydrogen) atoms. The van der Waals surface area contributed by atoms with E-state index in [1.54, 1.807) is 6.07 Å². The van der Waals surface area contributed by atoms with Gasteiger partial charge in [0.25, 0.3) is 0 Å². The summed E-state index contributed by atoms with van der Waals surface area (Å²) >= 11 is 6.08. The number of fused-ring (bicyclic) bond motifs is 1. The molecule has 108 valence electrons. The Morgan fingerprint density at radius 3 is 2.95 bits per heavy atom. The van der Waals surface area contributed by atoms with Crippen LogP contribution in [-0.2, 0) is 10.0 Å². The number of hydrogen-bond acceptors (Lipinski definition) is 4. The van der Waals surface area contributed by atoms with Crippen molar-refractivity contribution in [1.82, 2.24) is 14.7 Å². The van der Waals surface area contributed by atoms with Crippen LogP contribution in [0.5, 0.6) is 0 Å². The number of sulfonamides is 1. The first-order valence-corrected chi connectivity index (χ1v) is 8.23. The first-order chi connectivity index (χ1) is 9.53. The lowest BCUT2D eigenvalue weighted by molar-refractivity contribution is 0.519. The Labute approximate surface area is 121 Å². The lowest BCUT2D eigenvalue weighted by atomic mass is 10.2. The average molecular weight is 315 g/mol. The summed E-state index contributed by atoms with van der Waals surface area (Å²) in [5.41, 5.74) is 6.10. The summed E-state index contributed by atoms with van der Waals surface area (Å²) in [4.78, 5) is 7.01. The fraction of sp³-hybridized carbons (Fsp3) is 0.417. The van der Waals surface area contributed by atoms with Crippen LogP contribution >= 0.6 is 11.6 Å². The van der Waals surface area contributed by atoms with Gasteiger partial charge >= 0.3 is 0 Å². The number of halogens is 1. The molecule has 2 aromatic heterocycles. The fourth-order valence-electron chi connectivity index (χ4n) is 2.30. The zero-order valence-corrected chi connectivity index (χ0v) is 12.2. The topological polar surface area (TPSA) is 101 Å². The second-order valence-corrected chi connectivity index (χ2v) is 7.06. The van der Waals surface area contributed by atoms with Gasteiger partial charge in [0, 0.05) is 25.0 Å². The molecule has 1 atom stereocenters. The van der Waals surface area contributed by atoms with Crippen molar-refractivity contribution in [3.05, 3.63) is 23.5 Å². The molecule has 0 bridgehead atoms. The van der Waals surface area contributed by atoms with E-state index >= 15 is 0 Å². The lowest BCUT2D eigenvalue weighted by Crippen LogP contribution is -2.41. The first kappa shape index (κ1) is 13.8. The van der Waals surface area contributed by atoms with Gasteiger partial charge in [-0.3, -0.25) is 0 Å². The molecule has 0 spiro atoms. The largest absolute Gasteiger partial charge is 0.345 e. The monoisotopic (exact) mass is 314 g/mol. The molecule has 6 nitrogen and oxygen atoms in total. The van der Waals surface area contributed by atoms with Crippen LogP contribution in [0.3, 0.4) is 0 Å². The highest BCUT2D eigenvalue weighted by molar-refractivity contribution is 7.89. The summed E-state index contributed by atoms with van der Waals surface area (Å²) in [6.07, 6.45) is 4.96. The normalized spacial score (nSPS) is 17.5. The minimum atomic E-state index is -3.67. The third-order valence-corrected chi connectivity index (χ3v) is 5.36. The van der Waals surface area contributed by atoms with Crippen molar-refractivity contribution < 1.29 is 8.42 Å². The zero-order chi connectivity index (χ0) is 14.3. The maximum absolute atomic E-state index is 12.5. The number of nitrogens with one attached hydrogen (secondary N) is 2. The van der Waals surface area contributed by atoms with Crippen LogP contribution in [0.2, 0.25) is 5.02 Å². The van der Waals surface area contributed by atoms with Crippen molar-refractivity contribution in [2.24, 2.45) is 11.7 Å². The molecule has 0 radical (unpaired) electrons. The molecule has 1 aliphatic carbocycles. The predicted octanol–water partition coefficient (Wildman–Crippen LogP) is 1.23. The van der Waals surface area contributed by atoms with Crippen molar-refractivity contribution in [2.45, 2.75) is 23.8 Å². The Morgan fingerprint density at radius 2 is 2.30 bits per heavy atom. The summed E-state index contributed by atoms with van der Waals surface area (Å²) in [6, 6.07) is 1.35. The predicted molar refractivity (Wildman–Crippen MR) is 77.0 cm³/mol. The van der Waals surface area contributed by atoms with Gasteiger partial charge in [0.1, 0.15) is 10.5 Å². The third-order valence-electron chi connectivity index (χ3n) is 3.53. The number of rotatable bonds is 5. The maximum Gasteiger partial charge on any atom is 0.243 e. The Morgan fingerprint density at radius 1 is 1.55 bits per heavy atom. The maximum atomic E-state index is 12.5. The quantitative estimate of drug-likeness (QED) is 0.772. The van der Waals surface area contributed by atoms with Crippen LogP contribution in [0.1, 0.15) is 12.8 Å². The summed E-state index contributed by atoms with van der Waals surface area (Å²) in [5, 5.41) is 0.764. The summed E-state index contributed by atoms with van der Waals surface area (Å²) in [7, 11) is -3.67. The molecule has 8 heteroatoms. The molecule has 1 aliphatic rings. The van der Waals surface area contributed by atoms with E-state index in [4.69, 9.17) is 17.3 Å². The van der Waals surface area contributed by atoms with Gasteiger partial charge in [0.15, 0.2) is 0 Å². The average Bonchev–Trinajstić information content (AvgIpc) is 3.15. The Kier molecular flexibility index (Phi) is 3.45. The Bertz CT molecular complexity index is 739. The number of hydrogen-bond donors (Lipinski definition) is 3. The zero-order valence-electron chi connectivity index (χ0n) is 10.6. The van der Waals surface area contributed by atoms with Gasteiger partial charge in [-0.2, -0.15) is 0 Å². The molecule has 0 amide bonds. The van der Waals surface area contributed by atoms with Crippen molar-refractivity contribution in [3.8, 4) is 0 Å². The van der Waals surface area contributed by atoms with Gasteiger partial charge in [-0.15, -0.1) is 0 Å². The second kappa shape index (κ2) is 5.00. The number of aromatic nitrogens is 2. The van der Waals surface area contributed by atoms with Crippen molar-refractivity contribution >= 4 is 32.7 Å². The Balaban J connectivity index is 2.00. The smallest absolute Gasteiger partial charge is 0.243 e. The summed E-state index contributed by atoms with van der Waals surface area (Å²) < 4.78 is 27.6. The number of aromatic amines is 1. The van der Waals surface area contributed by atoms with Crippen LogP contribution in [-0.4, -0.2) is 31.0 Å². The standard InChI is InChI=1S/C12H15ClN4O2S/c13-8-3-4-15-12-11(8)10(6-16-12)20(18,19)17-9(5-14)7-1-2-7/h3-4,6-7,9,17H,1-2,5,14H2,(H,15,16). The molecule has 2 heterocycles.